The molecule has 0 atom stereocenters. The highest BCUT2D eigenvalue weighted by molar-refractivity contribution is 5.83. The van der Waals surface area contributed by atoms with Gasteiger partial charge in [0.1, 0.15) is 5.82 Å². The van der Waals surface area contributed by atoms with Crippen molar-refractivity contribution in [1.82, 2.24) is 15.5 Å². The second-order valence-corrected chi connectivity index (χ2v) is 5.77. The van der Waals surface area contributed by atoms with Gasteiger partial charge < -0.3 is 14.6 Å². The molecule has 1 N–H and O–H groups in total. The molecule has 1 aromatic carbocycles. The molecule has 1 fully saturated rings. The van der Waals surface area contributed by atoms with Gasteiger partial charge in [0.05, 0.1) is 18.6 Å². The molecule has 3 rings (SSSR count). The molecule has 1 aliphatic carbocycles. The van der Waals surface area contributed by atoms with E-state index < -0.39 is 5.41 Å². The van der Waals surface area contributed by atoms with E-state index >= 15 is 0 Å². The Kier molecular flexibility index (Phi) is 4.38. The van der Waals surface area contributed by atoms with Gasteiger partial charge in [0, 0.05) is 12.7 Å². The second-order valence-electron chi connectivity index (χ2n) is 5.77. The Hall–Kier alpha value is -2.28. The van der Waals surface area contributed by atoms with Crippen LogP contribution in [0.1, 0.15) is 25.2 Å². The van der Waals surface area contributed by atoms with Crippen LogP contribution in [0, 0.1) is 11.2 Å². The molecule has 6 nitrogen and oxygen atoms in total. The van der Waals surface area contributed by atoms with Gasteiger partial charge in [-0.2, -0.15) is 4.98 Å². The van der Waals surface area contributed by atoms with Gasteiger partial charge in [-0.05, 0) is 37.1 Å². The van der Waals surface area contributed by atoms with Gasteiger partial charge in [0.25, 0.3) is 0 Å². The third kappa shape index (κ3) is 3.24. The van der Waals surface area contributed by atoms with E-state index in [0.29, 0.717) is 23.9 Å². The number of benzene rings is 1. The summed E-state index contributed by atoms with van der Waals surface area (Å²) in [6.07, 6.45) is 2.70. The number of nitrogens with zero attached hydrogens (tertiary/aromatic N) is 2. The fourth-order valence-electron chi connectivity index (χ4n) is 2.70. The third-order valence-electron chi connectivity index (χ3n) is 4.18. The van der Waals surface area contributed by atoms with Crippen molar-refractivity contribution in [3.63, 3.8) is 0 Å². The Morgan fingerprint density at radius 1 is 1.39 bits per heavy atom. The van der Waals surface area contributed by atoms with Gasteiger partial charge in [-0.3, -0.25) is 4.79 Å². The van der Waals surface area contributed by atoms with Crippen LogP contribution in [0.25, 0.3) is 11.4 Å². The minimum atomic E-state index is -0.422. The third-order valence-corrected chi connectivity index (χ3v) is 4.18. The van der Waals surface area contributed by atoms with Crippen molar-refractivity contribution in [3.8, 4) is 11.4 Å². The van der Waals surface area contributed by atoms with Gasteiger partial charge in [-0.15, -0.1) is 0 Å². The lowest BCUT2D eigenvalue weighted by molar-refractivity contribution is -0.140. The lowest BCUT2D eigenvalue weighted by atomic mass is 9.68. The monoisotopic (exact) mass is 319 g/mol. The maximum absolute atomic E-state index is 12.9. The highest BCUT2D eigenvalue weighted by Crippen LogP contribution is 2.41. The van der Waals surface area contributed by atoms with Crippen LogP contribution >= 0.6 is 0 Å². The lowest BCUT2D eigenvalue weighted by Crippen LogP contribution is -2.48. The molecule has 122 valence electrons. The summed E-state index contributed by atoms with van der Waals surface area (Å²) in [5.74, 6) is 0.301. The topological polar surface area (TPSA) is 77.2 Å². The van der Waals surface area contributed by atoms with E-state index in [1.54, 1.807) is 19.2 Å². The number of carbonyl (C=O) groups excluding carboxylic acids is 1. The first-order chi connectivity index (χ1) is 11.1. The van der Waals surface area contributed by atoms with Gasteiger partial charge in [0.2, 0.25) is 17.6 Å². The van der Waals surface area contributed by atoms with Crippen molar-refractivity contribution in [2.75, 3.05) is 13.7 Å². The minimum absolute atomic E-state index is 0.0490. The normalized spacial score (nSPS) is 15.9. The standard InChI is InChI=1S/C16H18FN3O3/c1-22-10-16(7-2-8-16)15(21)18-9-13-19-14(20-23-13)11-3-5-12(17)6-4-11/h3-6H,2,7-10H2,1H3,(H,18,21). The van der Waals surface area contributed by atoms with Crippen LogP contribution in [0.15, 0.2) is 28.8 Å². The Labute approximate surface area is 133 Å². The van der Waals surface area contributed by atoms with Crippen molar-refractivity contribution < 1.29 is 18.4 Å². The largest absolute Gasteiger partial charge is 0.384 e. The molecule has 1 aliphatic rings. The molecule has 0 aliphatic heterocycles. The quantitative estimate of drug-likeness (QED) is 0.884. The Balaban J connectivity index is 1.61. The Bertz CT molecular complexity index is 680. The first kappa shape index (κ1) is 15.6. The Morgan fingerprint density at radius 2 is 2.13 bits per heavy atom. The predicted molar refractivity (Wildman–Crippen MR) is 79.7 cm³/mol. The van der Waals surface area contributed by atoms with Crippen LogP contribution in [0.4, 0.5) is 4.39 Å². The number of amides is 1. The predicted octanol–water partition coefficient (Wildman–Crippen LogP) is 2.31. The summed E-state index contributed by atoms with van der Waals surface area (Å²) in [4.78, 5) is 16.5. The summed E-state index contributed by atoms with van der Waals surface area (Å²) >= 11 is 0. The van der Waals surface area contributed by atoms with Crippen molar-refractivity contribution in [1.29, 1.82) is 0 Å². The molecule has 0 radical (unpaired) electrons. The first-order valence-corrected chi connectivity index (χ1v) is 7.49. The number of hydrogen-bond donors (Lipinski definition) is 1. The highest BCUT2D eigenvalue weighted by atomic mass is 19.1. The number of halogens is 1. The summed E-state index contributed by atoms with van der Waals surface area (Å²) in [5.41, 5.74) is 0.233. The van der Waals surface area contributed by atoms with E-state index in [2.05, 4.69) is 15.5 Å². The molecule has 1 saturated carbocycles. The summed E-state index contributed by atoms with van der Waals surface area (Å²) < 4.78 is 23.2. The van der Waals surface area contributed by atoms with Crippen molar-refractivity contribution >= 4 is 5.91 Å². The molecule has 2 aromatic rings. The van der Waals surface area contributed by atoms with Crippen LogP contribution in [-0.2, 0) is 16.1 Å². The molecule has 0 unspecified atom stereocenters. The zero-order chi connectivity index (χ0) is 16.3. The van der Waals surface area contributed by atoms with Gasteiger partial charge in [-0.1, -0.05) is 11.6 Å². The molecule has 1 aromatic heterocycles. The SMILES string of the molecule is COCC1(C(=O)NCc2nc(-c3ccc(F)cc3)no2)CCC1. The average molecular weight is 319 g/mol. The van der Waals surface area contributed by atoms with Crippen LogP contribution < -0.4 is 5.32 Å². The summed E-state index contributed by atoms with van der Waals surface area (Å²) in [6.45, 7) is 0.585. The fraction of sp³-hybridized carbons (Fsp3) is 0.438. The smallest absolute Gasteiger partial charge is 0.246 e. The molecular formula is C16H18FN3O3. The molecular weight excluding hydrogens is 301 g/mol. The van der Waals surface area contributed by atoms with E-state index in [4.69, 9.17) is 9.26 Å². The lowest BCUT2D eigenvalue weighted by Gasteiger charge is -2.39. The van der Waals surface area contributed by atoms with Crippen molar-refractivity contribution in [2.45, 2.75) is 25.8 Å². The second kappa shape index (κ2) is 6.45. The number of methoxy groups -OCH3 is 1. The van der Waals surface area contributed by atoms with E-state index in [0.717, 1.165) is 19.3 Å². The molecule has 0 bridgehead atoms. The molecule has 0 spiro atoms. The Morgan fingerprint density at radius 3 is 2.74 bits per heavy atom. The van der Waals surface area contributed by atoms with Crippen LogP contribution in [0.2, 0.25) is 0 Å². The number of rotatable bonds is 6. The zero-order valence-electron chi connectivity index (χ0n) is 12.8. The molecule has 1 heterocycles. The zero-order valence-corrected chi connectivity index (χ0v) is 12.8. The minimum Gasteiger partial charge on any atom is -0.384 e. The van der Waals surface area contributed by atoms with Crippen molar-refractivity contribution in [3.05, 3.63) is 36.0 Å². The number of carbonyl (C=O) groups is 1. The van der Waals surface area contributed by atoms with E-state index in [-0.39, 0.29) is 18.3 Å². The fourth-order valence-corrected chi connectivity index (χ4v) is 2.70. The number of hydrogen-bond acceptors (Lipinski definition) is 5. The van der Waals surface area contributed by atoms with E-state index in [1.165, 1.54) is 12.1 Å². The molecule has 23 heavy (non-hydrogen) atoms. The molecule has 0 saturated heterocycles. The summed E-state index contributed by atoms with van der Waals surface area (Å²) in [6, 6.07) is 5.81. The highest BCUT2D eigenvalue weighted by Gasteiger charge is 2.44. The average Bonchev–Trinajstić information content (AvgIpc) is 2.98. The van der Waals surface area contributed by atoms with Gasteiger partial charge in [-0.25, -0.2) is 4.39 Å². The number of aromatic nitrogens is 2. The van der Waals surface area contributed by atoms with E-state index in [9.17, 15) is 9.18 Å². The number of nitrogens with one attached hydrogen (secondary N) is 1. The number of ether oxygens (including phenoxy) is 1. The molecule has 7 heteroatoms. The van der Waals surface area contributed by atoms with E-state index in [1.807, 2.05) is 0 Å². The summed E-state index contributed by atoms with van der Waals surface area (Å²) in [7, 11) is 1.60. The van der Waals surface area contributed by atoms with Gasteiger partial charge >= 0.3 is 0 Å². The van der Waals surface area contributed by atoms with Crippen molar-refractivity contribution in [2.24, 2.45) is 5.41 Å². The van der Waals surface area contributed by atoms with Crippen LogP contribution in [0.3, 0.4) is 0 Å². The van der Waals surface area contributed by atoms with Crippen LogP contribution in [-0.4, -0.2) is 29.8 Å². The maximum atomic E-state index is 12.9. The first-order valence-electron chi connectivity index (χ1n) is 7.49. The van der Waals surface area contributed by atoms with Gasteiger partial charge in [0.15, 0.2) is 0 Å². The molecule has 1 amide bonds. The van der Waals surface area contributed by atoms with Crippen LogP contribution in [0.5, 0.6) is 0 Å². The summed E-state index contributed by atoms with van der Waals surface area (Å²) in [5, 5.41) is 6.67. The maximum Gasteiger partial charge on any atom is 0.246 e.